The van der Waals surface area contributed by atoms with Crippen LogP contribution in [-0.2, 0) is 10.3 Å². The first-order valence-corrected chi connectivity index (χ1v) is 12.1. The normalized spacial score (nSPS) is 23.6. The Morgan fingerprint density at radius 2 is 1.36 bits per heavy atom. The molecular formula is C29H23NO2S. The van der Waals surface area contributed by atoms with Crippen LogP contribution in [-0.4, -0.2) is 12.0 Å². The molecule has 4 heteroatoms. The summed E-state index contributed by atoms with van der Waals surface area (Å²) >= 11 is 1.83. The Kier molecular flexibility index (Phi) is 4.96. The van der Waals surface area contributed by atoms with Crippen molar-refractivity contribution in [2.75, 3.05) is 4.90 Å². The number of β-lactam (4-membered cyclic amide) rings is 1. The summed E-state index contributed by atoms with van der Waals surface area (Å²) in [7, 11) is 0. The summed E-state index contributed by atoms with van der Waals surface area (Å²) in [6.07, 6.45) is 0.157. The molecule has 3 nitrogen and oxygen atoms in total. The molecule has 162 valence electrons. The van der Waals surface area contributed by atoms with E-state index in [0.717, 1.165) is 22.6 Å². The number of anilines is 1. The molecule has 4 aromatic rings. The molecule has 6 rings (SSSR count). The van der Waals surface area contributed by atoms with Crippen LogP contribution in [0.25, 0.3) is 0 Å². The average molecular weight is 450 g/mol. The molecule has 0 aliphatic carbocycles. The first kappa shape index (κ1) is 20.1. The second-order valence-electron chi connectivity index (χ2n) is 8.46. The molecule has 0 N–H and O–H groups in total. The maximum Gasteiger partial charge on any atom is 0.271 e. The van der Waals surface area contributed by atoms with Crippen LogP contribution < -0.4 is 9.64 Å². The van der Waals surface area contributed by atoms with Crippen LogP contribution in [0, 0.1) is 0 Å². The summed E-state index contributed by atoms with van der Waals surface area (Å²) in [5.74, 6) is 0.719. The van der Waals surface area contributed by atoms with Gasteiger partial charge in [-0.05, 0) is 41.8 Å². The first-order chi connectivity index (χ1) is 16.3. The lowest BCUT2D eigenvalue weighted by Gasteiger charge is -2.57. The lowest BCUT2D eigenvalue weighted by molar-refractivity contribution is -0.142. The van der Waals surface area contributed by atoms with Gasteiger partial charge in [-0.25, -0.2) is 0 Å². The highest BCUT2D eigenvalue weighted by atomic mass is 32.2. The SMILES string of the molecule is O=C1[C@H](Oc2ccccc2)[C@]2(c3ccccc3)C[C@@H](c3ccccc3)Sc3ccccc3N12. The van der Waals surface area contributed by atoms with Crippen LogP contribution in [0.5, 0.6) is 5.75 Å². The molecule has 2 aliphatic rings. The predicted octanol–water partition coefficient (Wildman–Crippen LogP) is 6.61. The molecule has 0 spiro atoms. The lowest BCUT2D eigenvalue weighted by atomic mass is 9.70. The van der Waals surface area contributed by atoms with Crippen molar-refractivity contribution in [2.45, 2.75) is 28.2 Å². The number of para-hydroxylation sites is 2. The number of nitrogens with zero attached hydrogens (tertiary/aromatic N) is 1. The number of ether oxygens (including phenoxy) is 1. The summed E-state index contributed by atoms with van der Waals surface area (Å²) < 4.78 is 6.44. The maximum atomic E-state index is 13.7. The van der Waals surface area contributed by atoms with E-state index in [-0.39, 0.29) is 11.2 Å². The van der Waals surface area contributed by atoms with Gasteiger partial charge < -0.3 is 4.74 Å². The molecule has 1 fully saturated rings. The highest BCUT2D eigenvalue weighted by molar-refractivity contribution is 7.99. The van der Waals surface area contributed by atoms with Gasteiger partial charge in [-0.3, -0.25) is 9.69 Å². The quantitative estimate of drug-likeness (QED) is 0.328. The third kappa shape index (κ3) is 3.25. The lowest BCUT2D eigenvalue weighted by Crippen LogP contribution is -2.74. The highest BCUT2D eigenvalue weighted by Crippen LogP contribution is 2.59. The zero-order chi connectivity index (χ0) is 22.3. The van der Waals surface area contributed by atoms with Gasteiger partial charge in [0.25, 0.3) is 5.91 Å². The fourth-order valence-corrected chi connectivity index (χ4v) is 6.46. The fourth-order valence-electron chi connectivity index (χ4n) is 5.08. The standard InChI is InChI=1S/C29H23NO2S/c31-28-27(32-23-16-8-3-9-17-23)29(22-14-6-2-7-15-22)20-26(21-12-4-1-5-13-21)33-25-19-11-10-18-24(25)30(28)29/h1-19,26-27H,20H2/t26-,27-,29+/m0/s1. The van der Waals surface area contributed by atoms with E-state index in [9.17, 15) is 4.79 Å². The van der Waals surface area contributed by atoms with Crippen molar-refractivity contribution < 1.29 is 9.53 Å². The van der Waals surface area contributed by atoms with Gasteiger partial charge in [0.1, 0.15) is 11.3 Å². The fraction of sp³-hybridized carbons (Fsp3) is 0.138. The van der Waals surface area contributed by atoms with Crippen molar-refractivity contribution in [1.29, 1.82) is 0 Å². The molecule has 0 unspecified atom stereocenters. The molecule has 1 amide bonds. The number of benzene rings is 4. The highest BCUT2D eigenvalue weighted by Gasteiger charge is 2.65. The van der Waals surface area contributed by atoms with E-state index in [4.69, 9.17) is 4.74 Å². The minimum Gasteiger partial charge on any atom is -0.478 e. The molecule has 3 atom stereocenters. The van der Waals surface area contributed by atoms with Gasteiger partial charge in [0.2, 0.25) is 6.10 Å². The van der Waals surface area contributed by atoms with Gasteiger partial charge in [-0.2, -0.15) is 0 Å². The summed E-state index contributed by atoms with van der Waals surface area (Å²) in [6.45, 7) is 0. The minimum atomic E-state index is -0.603. The summed E-state index contributed by atoms with van der Waals surface area (Å²) in [6, 6.07) is 38.9. The number of hydrogen-bond acceptors (Lipinski definition) is 3. The van der Waals surface area contributed by atoms with Gasteiger partial charge >= 0.3 is 0 Å². The Morgan fingerprint density at radius 1 is 0.758 bits per heavy atom. The van der Waals surface area contributed by atoms with E-state index in [1.165, 1.54) is 5.56 Å². The maximum absolute atomic E-state index is 13.7. The number of fused-ring (bicyclic) bond motifs is 3. The number of hydrogen-bond donors (Lipinski definition) is 0. The largest absolute Gasteiger partial charge is 0.478 e. The molecule has 0 radical (unpaired) electrons. The van der Waals surface area contributed by atoms with Crippen LogP contribution in [0.1, 0.15) is 22.8 Å². The van der Waals surface area contributed by atoms with Gasteiger partial charge in [0, 0.05) is 10.1 Å². The molecule has 33 heavy (non-hydrogen) atoms. The zero-order valence-corrected chi connectivity index (χ0v) is 18.8. The Labute approximate surface area is 198 Å². The Hall–Kier alpha value is -3.50. The summed E-state index contributed by atoms with van der Waals surface area (Å²) in [5, 5.41) is 0.174. The zero-order valence-electron chi connectivity index (χ0n) is 18.0. The summed E-state index contributed by atoms with van der Waals surface area (Å²) in [5.41, 5.74) is 2.72. The van der Waals surface area contributed by atoms with E-state index in [1.807, 2.05) is 83.4 Å². The van der Waals surface area contributed by atoms with Crippen molar-refractivity contribution in [2.24, 2.45) is 0 Å². The van der Waals surface area contributed by atoms with Crippen molar-refractivity contribution in [3.05, 3.63) is 126 Å². The van der Waals surface area contributed by atoms with Crippen molar-refractivity contribution in [3.8, 4) is 5.75 Å². The number of carbonyl (C=O) groups is 1. The third-order valence-electron chi connectivity index (χ3n) is 6.59. The van der Waals surface area contributed by atoms with Gasteiger partial charge in [0.05, 0.1) is 5.69 Å². The number of amides is 1. The van der Waals surface area contributed by atoms with E-state index in [0.29, 0.717) is 5.75 Å². The first-order valence-electron chi connectivity index (χ1n) is 11.2. The minimum absolute atomic E-state index is 0.00414. The number of carbonyl (C=O) groups excluding carboxylic acids is 1. The Bertz CT molecular complexity index is 1280. The smallest absolute Gasteiger partial charge is 0.271 e. The summed E-state index contributed by atoms with van der Waals surface area (Å²) in [4.78, 5) is 16.8. The van der Waals surface area contributed by atoms with Crippen LogP contribution >= 0.6 is 11.8 Å². The Morgan fingerprint density at radius 3 is 2.09 bits per heavy atom. The monoisotopic (exact) mass is 449 g/mol. The predicted molar refractivity (Wildman–Crippen MR) is 133 cm³/mol. The second kappa shape index (κ2) is 8.13. The van der Waals surface area contributed by atoms with Crippen LogP contribution in [0.4, 0.5) is 5.69 Å². The second-order valence-corrected chi connectivity index (χ2v) is 9.71. The van der Waals surface area contributed by atoms with Crippen molar-refractivity contribution >= 4 is 23.4 Å². The van der Waals surface area contributed by atoms with E-state index < -0.39 is 11.6 Å². The molecule has 0 saturated carbocycles. The third-order valence-corrected chi connectivity index (χ3v) is 7.91. The Balaban J connectivity index is 1.55. The molecule has 2 aliphatic heterocycles. The molecular weight excluding hydrogens is 426 g/mol. The van der Waals surface area contributed by atoms with Crippen LogP contribution in [0.3, 0.4) is 0 Å². The van der Waals surface area contributed by atoms with Gasteiger partial charge in [0.15, 0.2) is 0 Å². The van der Waals surface area contributed by atoms with Crippen molar-refractivity contribution in [3.63, 3.8) is 0 Å². The topological polar surface area (TPSA) is 29.5 Å². The average Bonchev–Trinajstić information content (AvgIpc) is 3.02. The van der Waals surface area contributed by atoms with E-state index >= 15 is 0 Å². The molecule has 1 saturated heterocycles. The number of rotatable bonds is 4. The number of thioether (sulfide) groups is 1. The van der Waals surface area contributed by atoms with Gasteiger partial charge in [-0.15, -0.1) is 11.8 Å². The van der Waals surface area contributed by atoms with E-state index in [2.05, 4.69) is 48.5 Å². The molecule has 2 heterocycles. The van der Waals surface area contributed by atoms with Crippen LogP contribution in [0.2, 0.25) is 0 Å². The molecule has 0 bridgehead atoms. The van der Waals surface area contributed by atoms with Crippen LogP contribution in [0.15, 0.2) is 120 Å². The molecule has 4 aromatic carbocycles. The van der Waals surface area contributed by atoms with Gasteiger partial charge in [-0.1, -0.05) is 91.0 Å². The van der Waals surface area contributed by atoms with E-state index in [1.54, 1.807) is 0 Å². The molecule has 0 aromatic heterocycles. The van der Waals surface area contributed by atoms with Crippen molar-refractivity contribution in [1.82, 2.24) is 0 Å².